The third-order valence-corrected chi connectivity index (χ3v) is 12.8. The average molecular weight is 719 g/mol. The van der Waals surface area contributed by atoms with Gasteiger partial charge in [0.05, 0.1) is 22.4 Å². The van der Waals surface area contributed by atoms with Gasteiger partial charge in [0.15, 0.2) is 0 Å². The van der Waals surface area contributed by atoms with E-state index in [1.165, 1.54) is 77.4 Å². The molecule has 2 aliphatic rings. The second kappa shape index (κ2) is 11.9. The molecule has 268 valence electrons. The zero-order valence-electron chi connectivity index (χ0n) is 32.2. The molecule has 9 aromatic rings. The first-order valence-corrected chi connectivity index (χ1v) is 19.8. The van der Waals surface area contributed by atoms with Crippen molar-refractivity contribution in [3.63, 3.8) is 0 Å². The molecule has 0 unspecified atom stereocenters. The number of hydrogen-bond donors (Lipinski definition) is 0. The maximum atomic E-state index is 2.54. The molecule has 0 N–H and O–H groups in total. The Morgan fingerprint density at radius 2 is 0.946 bits per heavy atom. The predicted octanol–water partition coefficient (Wildman–Crippen LogP) is 14.5. The van der Waals surface area contributed by atoms with E-state index in [4.69, 9.17) is 0 Å². The van der Waals surface area contributed by atoms with Gasteiger partial charge in [0.2, 0.25) is 0 Å². The number of para-hydroxylation sites is 3. The van der Waals surface area contributed by atoms with Gasteiger partial charge < -0.3 is 9.47 Å². The summed E-state index contributed by atoms with van der Waals surface area (Å²) in [6.45, 7) is 9.46. The van der Waals surface area contributed by atoms with Crippen molar-refractivity contribution in [2.24, 2.45) is 0 Å². The summed E-state index contributed by atoms with van der Waals surface area (Å²) in [5, 5.41) is 2.46. The fraction of sp³-hybridized carbons (Fsp3) is 0.111. The second-order valence-corrected chi connectivity index (χ2v) is 16.5. The van der Waals surface area contributed by atoms with Gasteiger partial charge in [0.25, 0.3) is 0 Å². The van der Waals surface area contributed by atoms with Crippen LogP contribution in [0.3, 0.4) is 0 Å². The molecule has 2 nitrogen and oxygen atoms in total. The highest BCUT2D eigenvalue weighted by Gasteiger charge is 2.38. The normalized spacial score (nSPS) is 14.4. The topological polar surface area (TPSA) is 8.17 Å². The van der Waals surface area contributed by atoms with Gasteiger partial charge in [-0.15, -0.1) is 0 Å². The lowest BCUT2D eigenvalue weighted by Crippen LogP contribution is -2.16. The smallest absolute Gasteiger partial charge is 0.0562 e. The standard InChI is InChI=1S/C54H42N2/c1-53(2)43-25-12-8-20-37(43)42-34-36(32-33-45(42)53)56(50-31-17-30-49-52(50)41-23-11-15-29-48(41)55(49)35-18-6-5-7-19-35)47-28-14-10-21-38(47)39-24-16-27-46-51(39)40-22-9-13-26-44(40)54(46,3)4/h5-34H,1-4H3. The average Bonchev–Trinajstić information content (AvgIpc) is 3.79. The first-order chi connectivity index (χ1) is 27.3. The van der Waals surface area contributed by atoms with E-state index in [2.05, 4.69) is 219 Å². The zero-order chi connectivity index (χ0) is 37.8. The summed E-state index contributed by atoms with van der Waals surface area (Å²) in [6.07, 6.45) is 0. The Morgan fingerprint density at radius 3 is 1.77 bits per heavy atom. The molecule has 0 bridgehead atoms. The Morgan fingerprint density at radius 1 is 0.393 bits per heavy atom. The van der Waals surface area contributed by atoms with Crippen LogP contribution in [0.15, 0.2) is 182 Å². The zero-order valence-corrected chi connectivity index (χ0v) is 32.2. The van der Waals surface area contributed by atoms with Crippen LogP contribution in [0.5, 0.6) is 0 Å². The Labute approximate surface area is 328 Å². The molecule has 56 heavy (non-hydrogen) atoms. The summed E-state index contributed by atoms with van der Waals surface area (Å²) >= 11 is 0. The van der Waals surface area contributed by atoms with Crippen LogP contribution in [0, 0.1) is 0 Å². The van der Waals surface area contributed by atoms with Gasteiger partial charge in [-0.05, 0) is 98.6 Å². The summed E-state index contributed by atoms with van der Waals surface area (Å²) in [4.78, 5) is 2.54. The molecule has 0 radical (unpaired) electrons. The van der Waals surface area contributed by atoms with E-state index in [-0.39, 0.29) is 10.8 Å². The lowest BCUT2D eigenvalue weighted by Gasteiger charge is -2.30. The summed E-state index contributed by atoms with van der Waals surface area (Å²) in [6, 6.07) is 67.6. The summed E-state index contributed by atoms with van der Waals surface area (Å²) in [5.74, 6) is 0. The van der Waals surface area contributed by atoms with E-state index in [9.17, 15) is 0 Å². The number of rotatable bonds is 5. The third kappa shape index (κ3) is 4.50. The minimum atomic E-state index is -0.0956. The van der Waals surface area contributed by atoms with Gasteiger partial charge in [-0.2, -0.15) is 0 Å². The Kier molecular flexibility index (Phi) is 6.98. The molecule has 1 aromatic heterocycles. The molecule has 0 amide bonds. The van der Waals surface area contributed by atoms with Crippen LogP contribution < -0.4 is 4.90 Å². The summed E-state index contributed by atoms with van der Waals surface area (Å²) in [7, 11) is 0. The first kappa shape index (κ1) is 32.8. The number of fused-ring (bicyclic) bond motifs is 9. The van der Waals surface area contributed by atoms with Gasteiger partial charge in [-0.25, -0.2) is 0 Å². The Hall–Kier alpha value is -6.64. The number of anilines is 3. The van der Waals surface area contributed by atoms with Crippen LogP contribution in [-0.4, -0.2) is 4.57 Å². The minimum Gasteiger partial charge on any atom is -0.309 e. The largest absolute Gasteiger partial charge is 0.309 e. The molecular weight excluding hydrogens is 677 g/mol. The SMILES string of the molecule is CC1(C)c2ccccc2-c2cc(N(c3ccccc3-c3cccc4c3-c3ccccc3C4(C)C)c3cccc4c3c3ccccc3n4-c3ccccc3)ccc21. The van der Waals surface area contributed by atoms with Gasteiger partial charge in [-0.1, -0.05) is 161 Å². The summed E-state index contributed by atoms with van der Waals surface area (Å²) < 4.78 is 2.42. The Bertz CT molecular complexity index is 3030. The predicted molar refractivity (Wildman–Crippen MR) is 236 cm³/mol. The van der Waals surface area contributed by atoms with Crippen molar-refractivity contribution >= 4 is 38.9 Å². The molecule has 0 fully saturated rings. The van der Waals surface area contributed by atoms with Crippen molar-refractivity contribution in [2.45, 2.75) is 38.5 Å². The highest BCUT2D eigenvalue weighted by molar-refractivity contribution is 6.17. The monoisotopic (exact) mass is 718 g/mol. The van der Waals surface area contributed by atoms with Crippen LogP contribution in [0.4, 0.5) is 17.1 Å². The van der Waals surface area contributed by atoms with Crippen molar-refractivity contribution in [1.29, 1.82) is 0 Å². The highest BCUT2D eigenvalue weighted by Crippen LogP contribution is 2.56. The lowest BCUT2D eigenvalue weighted by atomic mass is 9.82. The summed E-state index contributed by atoms with van der Waals surface area (Å²) in [5.41, 5.74) is 20.1. The first-order valence-electron chi connectivity index (χ1n) is 19.8. The van der Waals surface area contributed by atoms with Gasteiger partial charge in [-0.3, -0.25) is 0 Å². The van der Waals surface area contributed by atoms with Crippen LogP contribution in [0.25, 0.3) is 60.9 Å². The molecule has 0 atom stereocenters. The number of nitrogens with zero attached hydrogens (tertiary/aromatic N) is 2. The molecule has 0 saturated carbocycles. The van der Waals surface area contributed by atoms with E-state index < -0.39 is 0 Å². The van der Waals surface area contributed by atoms with Crippen molar-refractivity contribution < 1.29 is 0 Å². The molecule has 0 aliphatic heterocycles. The van der Waals surface area contributed by atoms with Crippen LogP contribution in [0.1, 0.15) is 49.9 Å². The van der Waals surface area contributed by atoms with Crippen LogP contribution in [0.2, 0.25) is 0 Å². The maximum Gasteiger partial charge on any atom is 0.0562 e. The molecular formula is C54H42N2. The molecule has 2 aliphatic carbocycles. The van der Waals surface area contributed by atoms with Gasteiger partial charge in [0.1, 0.15) is 0 Å². The van der Waals surface area contributed by atoms with Crippen molar-refractivity contribution in [3.8, 4) is 39.1 Å². The highest BCUT2D eigenvalue weighted by atomic mass is 15.2. The number of hydrogen-bond acceptors (Lipinski definition) is 1. The number of aromatic nitrogens is 1. The van der Waals surface area contributed by atoms with E-state index in [0.29, 0.717) is 0 Å². The molecule has 11 rings (SSSR count). The molecule has 0 spiro atoms. The van der Waals surface area contributed by atoms with Crippen LogP contribution >= 0.6 is 0 Å². The lowest BCUT2D eigenvalue weighted by molar-refractivity contribution is 0.660. The Balaban J connectivity index is 1.23. The van der Waals surface area contributed by atoms with E-state index in [1.54, 1.807) is 0 Å². The fourth-order valence-electron chi connectivity index (χ4n) is 10.2. The second-order valence-electron chi connectivity index (χ2n) is 16.5. The fourth-order valence-corrected chi connectivity index (χ4v) is 10.2. The number of benzene rings is 8. The maximum absolute atomic E-state index is 2.54. The van der Waals surface area contributed by atoms with Gasteiger partial charge in [0, 0.05) is 38.5 Å². The molecule has 0 saturated heterocycles. The van der Waals surface area contributed by atoms with Crippen LogP contribution in [-0.2, 0) is 10.8 Å². The van der Waals surface area contributed by atoms with E-state index in [0.717, 1.165) is 22.7 Å². The van der Waals surface area contributed by atoms with Gasteiger partial charge >= 0.3 is 0 Å². The quantitative estimate of drug-likeness (QED) is 0.172. The van der Waals surface area contributed by atoms with E-state index in [1.807, 2.05) is 0 Å². The third-order valence-electron chi connectivity index (χ3n) is 12.8. The molecule has 8 aromatic carbocycles. The van der Waals surface area contributed by atoms with Crippen molar-refractivity contribution in [3.05, 3.63) is 204 Å². The van der Waals surface area contributed by atoms with Crippen molar-refractivity contribution in [2.75, 3.05) is 4.90 Å². The molecule has 1 heterocycles. The minimum absolute atomic E-state index is 0.0822. The van der Waals surface area contributed by atoms with E-state index >= 15 is 0 Å². The van der Waals surface area contributed by atoms with Crippen molar-refractivity contribution in [1.82, 2.24) is 4.57 Å². The molecule has 2 heteroatoms.